The minimum atomic E-state index is -0.243. The molecular formula is C13H17FO2. The van der Waals surface area contributed by atoms with Crippen LogP contribution >= 0.6 is 0 Å². The van der Waals surface area contributed by atoms with Crippen LogP contribution in [0.5, 0.6) is 5.75 Å². The van der Waals surface area contributed by atoms with Gasteiger partial charge in [-0.2, -0.15) is 0 Å². The van der Waals surface area contributed by atoms with Gasteiger partial charge in [0.15, 0.2) is 0 Å². The Labute approximate surface area is 95.4 Å². The molecule has 0 saturated carbocycles. The average Bonchev–Trinajstić information content (AvgIpc) is 2.32. The Hall–Kier alpha value is -1.09. The SMILES string of the molecule is Cc1ccc(F)cc1OCC1CCOCC1. The van der Waals surface area contributed by atoms with Crippen LogP contribution in [0.4, 0.5) is 4.39 Å². The predicted octanol–water partition coefficient (Wildman–Crippen LogP) is 2.94. The summed E-state index contributed by atoms with van der Waals surface area (Å²) >= 11 is 0. The van der Waals surface area contributed by atoms with E-state index in [1.165, 1.54) is 12.1 Å². The van der Waals surface area contributed by atoms with Crippen LogP contribution in [0.3, 0.4) is 0 Å². The molecule has 2 nitrogen and oxygen atoms in total. The summed E-state index contributed by atoms with van der Waals surface area (Å²) in [5.74, 6) is 0.954. The fourth-order valence-corrected chi connectivity index (χ4v) is 1.85. The van der Waals surface area contributed by atoms with Gasteiger partial charge in [0.2, 0.25) is 0 Å². The zero-order chi connectivity index (χ0) is 11.4. The van der Waals surface area contributed by atoms with Crippen molar-refractivity contribution in [2.75, 3.05) is 19.8 Å². The molecule has 1 aromatic rings. The normalized spacial score (nSPS) is 17.4. The van der Waals surface area contributed by atoms with Crippen LogP contribution in [-0.4, -0.2) is 19.8 Å². The van der Waals surface area contributed by atoms with Gasteiger partial charge < -0.3 is 9.47 Å². The summed E-state index contributed by atoms with van der Waals surface area (Å²) in [5.41, 5.74) is 0.980. The molecule has 16 heavy (non-hydrogen) atoms. The summed E-state index contributed by atoms with van der Waals surface area (Å²) in [6, 6.07) is 4.65. The first-order chi connectivity index (χ1) is 7.75. The molecule has 0 unspecified atom stereocenters. The molecule has 0 spiro atoms. The molecule has 88 valence electrons. The molecule has 1 aliphatic rings. The third-order valence-corrected chi connectivity index (χ3v) is 2.97. The van der Waals surface area contributed by atoms with Crippen molar-refractivity contribution in [2.24, 2.45) is 5.92 Å². The first-order valence-corrected chi connectivity index (χ1v) is 5.72. The second-order valence-corrected chi connectivity index (χ2v) is 4.28. The average molecular weight is 224 g/mol. The highest BCUT2D eigenvalue weighted by Crippen LogP contribution is 2.21. The fraction of sp³-hybridized carbons (Fsp3) is 0.538. The quantitative estimate of drug-likeness (QED) is 0.786. The Balaban J connectivity index is 1.90. The number of halogens is 1. The van der Waals surface area contributed by atoms with Crippen LogP contribution in [0.1, 0.15) is 18.4 Å². The molecule has 0 N–H and O–H groups in total. The molecule has 1 saturated heterocycles. The standard InChI is InChI=1S/C13H17FO2/c1-10-2-3-12(14)8-13(10)16-9-11-4-6-15-7-5-11/h2-3,8,11H,4-7,9H2,1H3. The van der Waals surface area contributed by atoms with E-state index in [0.29, 0.717) is 18.3 Å². The van der Waals surface area contributed by atoms with Crippen LogP contribution in [0.15, 0.2) is 18.2 Å². The summed E-state index contributed by atoms with van der Waals surface area (Å²) in [5, 5.41) is 0. The van der Waals surface area contributed by atoms with E-state index in [9.17, 15) is 4.39 Å². The van der Waals surface area contributed by atoms with Gasteiger partial charge in [0.25, 0.3) is 0 Å². The molecule has 2 rings (SSSR count). The molecule has 1 heterocycles. The van der Waals surface area contributed by atoms with Crippen molar-refractivity contribution < 1.29 is 13.9 Å². The molecule has 0 amide bonds. The van der Waals surface area contributed by atoms with E-state index in [0.717, 1.165) is 31.6 Å². The number of aryl methyl sites for hydroxylation is 1. The van der Waals surface area contributed by atoms with Gasteiger partial charge in [-0.25, -0.2) is 4.39 Å². The Kier molecular flexibility index (Phi) is 3.78. The molecule has 3 heteroatoms. The maximum Gasteiger partial charge on any atom is 0.126 e. The van der Waals surface area contributed by atoms with Gasteiger partial charge in [0.05, 0.1) is 6.61 Å². The van der Waals surface area contributed by atoms with E-state index in [1.54, 1.807) is 6.07 Å². The van der Waals surface area contributed by atoms with Gasteiger partial charge in [-0.15, -0.1) is 0 Å². The van der Waals surface area contributed by atoms with Crippen LogP contribution in [0.25, 0.3) is 0 Å². The molecule has 1 aliphatic heterocycles. The van der Waals surface area contributed by atoms with Crippen LogP contribution in [-0.2, 0) is 4.74 Å². The fourth-order valence-electron chi connectivity index (χ4n) is 1.85. The monoisotopic (exact) mass is 224 g/mol. The maximum atomic E-state index is 13.0. The minimum absolute atomic E-state index is 0.243. The molecule has 1 aromatic carbocycles. The van der Waals surface area contributed by atoms with Crippen molar-refractivity contribution in [1.82, 2.24) is 0 Å². The zero-order valence-electron chi connectivity index (χ0n) is 9.54. The Morgan fingerprint density at radius 3 is 2.88 bits per heavy atom. The Morgan fingerprint density at radius 1 is 1.38 bits per heavy atom. The van der Waals surface area contributed by atoms with Crippen molar-refractivity contribution in [3.05, 3.63) is 29.6 Å². The summed E-state index contributed by atoms with van der Waals surface area (Å²) in [7, 11) is 0. The minimum Gasteiger partial charge on any atom is -0.493 e. The van der Waals surface area contributed by atoms with E-state index >= 15 is 0 Å². The van der Waals surface area contributed by atoms with Crippen LogP contribution < -0.4 is 4.74 Å². The van der Waals surface area contributed by atoms with E-state index in [-0.39, 0.29) is 5.82 Å². The molecule has 1 fully saturated rings. The third-order valence-electron chi connectivity index (χ3n) is 2.97. The van der Waals surface area contributed by atoms with Gasteiger partial charge in [-0.1, -0.05) is 6.07 Å². The summed E-state index contributed by atoms with van der Waals surface area (Å²) in [6.45, 7) is 4.22. The van der Waals surface area contributed by atoms with Gasteiger partial charge in [-0.3, -0.25) is 0 Å². The molecule has 0 atom stereocenters. The summed E-state index contributed by atoms with van der Waals surface area (Å²) < 4.78 is 24.0. The number of rotatable bonds is 3. The number of hydrogen-bond acceptors (Lipinski definition) is 2. The second kappa shape index (κ2) is 5.30. The molecule has 0 aromatic heterocycles. The summed E-state index contributed by atoms with van der Waals surface area (Å²) in [4.78, 5) is 0. The third kappa shape index (κ3) is 2.95. The predicted molar refractivity (Wildman–Crippen MR) is 60.2 cm³/mol. The molecule has 0 aliphatic carbocycles. The number of ether oxygens (including phenoxy) is 2. The molecular weight excluding hydrogens is 207 g/mol. The van der Waals surface area contributed by atoms with Crippen molar-refractivity contribution in [3.8, 4) is 5.75 Å². The highest BCUT2D eigenvalue weighted by Gasteiger charge is 2.14. The lowest BCUT2D eigenvalue weighted by atomic mass is 10.0. The Bertz CT molecular complexity index is 346. The van der Waals surface area contributed by atoms with Crippen molar-refractivity contribution in [2.45, 2.75) is 19.8 Å². The van der Waals surface area contributed by atoms with Gasteiger partial charge in [0.1, 0.15) is 11.6 Å². The first-order valence-electron chi connectivity index (χ1n) is 5.72. The smallest absolute Gasteiger partial charge is 0.126 e. The van der Waals surface area contributed by atoms with Gasteiger partial charge in [-0.05, 0) is 37.3 Å². The lowest BCUT2D eigenvalue weighted by Gasteiger charge is -2.22. The van der Waals surface area contributed by atoms with Crippen LogP contribution in [0.2, 0.25) is 0 Å². The maximum absolute atomic E-state index is 13.0. The number of hydrogen-bond donors (Lipinski definition) is 0. The van der Waals surface area contributed by atoms with Gasteiger partial charge in [0, 0.05) is 19.3 Å². The van der Waals surface area contributed by atoms with Crippen molar-refractivity contribution >= 4 is 0 Å². The van der Waals surface area contributed by atoms with Crippen molar-refractivity contribution in [3.63, 3.8) is 0 Å². The highest BCUT2D eigenvalue weighted by atomic mass is 19.1. The van der Waals surface area contributed by atoms with E-state index in [2.05, 4.69) is 0 Å². The zero-order valence-corrected chi connectivity index (χ0v) is 9.54. The first kappa shape index (κ1) is 11.4. The van der Waals surface area contributed by atoms with E-state index < -0.39 is 0 Å². The lowest BCUT2D eigenvalue weighted by Crippen LogP contribution is -2.21. The highest BCUT2D eigenvalue weighted by molar-refractivity contribution is 5.32. The van der Waals surface area contributed by atoms with Crippen LogP contribution in [0, 0.1) is 18.7 Å². The molecule has 0 radical (unpaired) electrons. The second-order valence-electron chi connectivity index (χ2n) is 4.28. The largest absolute Gasteiger partial charge is 0.493 e. The Morgan fingerprint density at radius 2 is 2.12 bits per heavy atom. The van der Waals surface area contributed by atoms with Crippen molar-refractivity contribution in [1.29, 1.82) is 0 Å². The topological polar surface area (TPSA) is 18.5 Å². The molecule has 0 bridgehead atoms. The van der Waals surface area contributed by atoms with E-state index in [1.807, 2.05) is 6.92 Å². The number of benzene rings is 1. The summed E-state index contributed by atoms with van der Waals surface area (Å²) in [6.07, 6.45) is 2.07. The lowest BCUT2D eigenvalue weighted by molar-refractivity contribution is 0.0496. The van der Waals surface area contributed by atoms with Gasteiger partial charge >= 0.3 is 0 Å². The van der Waals surface area contributed by atoms with E-state index in [4.69, 9.17) is 9.47 Å².